The highest BCUT2D eigenvalue weighted by atomic mass is 16.2. The standard InChI is InChI=1S/C25H18N2O2/c1-15-12-18(14-22-24(28)20-7-3-4-8-21(20)25(22)29)16(2)27(15)19-9-10-23-17(13-19)6-5-11-26-23/h3-14H,1-2H3. The lowest BCUT2D eigenvalue weighted by molar-refractivity contribution is 0.0990. The minimum Gasteiger partial charge on any atom is -0.318 e. The molecule has 0 aliphatic heterocycles. The first kappa shape index (κ1) is 17.3. The monoisotopic (exact) mass is 378 g/mol. The van der Waals surface area contributed by atoms with Crippen molar-refractivity contribution < 1.29 is 9.59 Å². The molecule has 0 fully saturated rings. The zero-order valence-electron chi connectivity index (χ0n) is 16.1. The third-order valence-electron chi connectivity index (χ3n) is 5.52. The number of hydrogen-bond acceptors (Lipinski definition) is 3. The smallest absolute Gasteiger partial charge is 0.197 e. The van der Waals surface area contributed by atoms with Gasteiger partial charge in [0.2, 0.25) is 0 Å². The van der Waals surface area contributed by atoms with E-state index >= 15 is 0 Å². The molecule has 0 saturated heterocycles. The second-order valence-corrected chi connectivity index (χ2v) is 7.30. The SMILES string of the molecule is Cc1cc(C=C2C(=O)c3ccccc3C2=O)c(C)n1-c1ccc2ncccc2c1. The van der Waals surface area contributed by atoms with Crippen LogP contribution >= 0.6 is 0 Å². The third-order valence-corrected chi connectivity index (χ3v) is 5.52. The number of allylic oxidation sites excluding steroid dienone is 1. The van der Waals surface area contributed by atoms with Crippen molar-refractivity contribution in [1.82, 2.24) is 9.55 Å². The van der Waals surface area contributed by atoms with Gasteiger partial charge in [-0.3, -0.25) is 14.6 Å². The number of pyridine rings is 1. The number of aryl methyl sites for hydroxylation is 1. The first-order chi connectivity index (χ1) is 14.0. The first-order valence-electron chi connectivity index (χ1n) is 9.49. The number of aromatic nitrogens is 2. The number of ketones is 2. The number of nitrogens with zero attached hydrogens (tertiary/aromatic N) is 2. The molecule has 0 unspecified atom stereocenters. The van der Waals surface area contributed by atoms with Crippen LogP contribution in [0, 0.1) is 13.8 Å². The summed E-state index contributed by atoms with van der Waals surface area (Å²) in [6, 6.07) is 19.1. The van der Waals surface area contributed by atoms with Crippen LogP contribution in [0.4, 0.5) is 0 Å². The lowest BCUT2D eigenvalue weighted by atomic mass is 10.1. The van der Waals surface area contributed by atoms with E-state index in [1.807, 2.05) is 44.2 Å². The minimum atomic E-state index is -0.202. The molecule has 29 heavy (non-hydrogen) atoms. The first-order valence-corrected chi connectivity index (χ1v) is 9.49. The molecule has 0 bridgehead atoms. The normalized spacial score (nSPS) is 13.2. The lowest BCUT2D eigenvalue weighted by Gasteiger charge is -2.10. The fourth-order valence-corrected chi connectivity index (χ4v) is 4.09. The van der Waals surface area contributed by atoms with Crippen LogP contribution in [0.2, 0.25) is 0 Å². The fourth-order valence-electron chi connectivity index (χ4n) is 4.09. The molecule has 0 N–H and O–H groups in total. The summed E-state index contributed by atoms with van der Waals surface area (Å²) < 4.78 is 2.13. The maximum absolute atomic E-state index is 12.7. The third kappa shape index (κ3) is 2.64. The Bertz CT molecular complexity index is 1320. The molecule has 1 aliphatic rings. The van der Waals surface area contributed by atoms with E-state index < -0.39 is 0 Å². The van der Waals surface area contributed by atoms with Crippen LogP contribution in [-0.2, 0) is 0 Å². The summed E-state index contributed by atoms with van der Waals surface area (Å²) in [5.74, 6) is -0.403. The molecule has 0 amide bonds. The minimum absolute atomic E-state index is 0.202. The topological polar surface area (TPSA) is 52.0 Å². The van der Waals surface area contributed by atoms with Gasteiger partial charge in [-0.2, -0.15) is 0 Å². The number of carbonyl (C=O) groups is 2. The summed E-state index contributed by atoms with van der Waals surface area (Å²) in [5, 5.41) is 1.06. The van der Waals surface area contributed by atoms with Crippen molar-refractivity contribution in [2.45, 2.75) is 13.8 Å². The number of rotatable bonds is 2. The van der Waals surface area contributed by atoms with Gasteiger partial charge in [-0.1, -0.05) is 30.3 Å². The second-order valence-electron chi connectivity index (χ2n) is 7.30. The molecule has 0 radical (unpaired) electrons. The largest absolute Gasteiger partial charge is 0.318 e. The highest BCUT2D eigenvalue weighted by molar-refractivity contribution is 6.41. The summed E-state index contributed by atoms with van der Waals surface area (Å²) in [6.45, 7) is 4.03. The lowest BCUT2D eigenvalue weighted by Crippen LogP contribution is -2.01. The summed E-state index contributed by atoms with van der Waals surface area (Å²) >= 11 is 0. The Morgan fingerprint density at radius 1 is 0.862 bits per heavy atom. The molecule has 0 saturated carbocycles. The number of Topliss-reactive ketones (excluding diaryl/α,β-unsaturated/α-hetero) is 2. The molecular weight excluding hydrogens is 360 g/mol. The van der Waals surface area contributed by atoms with E-state index in [1.165, 1.54) is 0 Å². The van der Waals surface area contributed by atoms with Gasteiger partial charge in [0.05, 0.1) is 11.1 Å². The van der Waals surface area contributed by atoms with Gasteiger partial charge in [-0.15, -0.1) is 0 Å². The molecule has 4 nitrogen and oxygen atoms in total. The molecular formula is C25H18N2O2. The Hall–Kier alpha value is -3.79. The van der Waals surface area contributed by atoms with Crippen LogP contribution in [0.3, 0.4) is 0 Å². The van der Waals surface area contributed by atoms with Crippen molar-refractivity contribution in [2.24, 2.45) is 0 Å². The molecule has 1 aliphatic carbocycles. The Labute approximate surface area is 168 Å². The predicted octanol–water partition coefficient (Wildman–Crippen LogP) is 5.10. The fraction of sp³-hybridized carbons (Fsp3) is 0.0800. The van der Waals surface area contributed by atoms with Gasteiger partial charge in [0.25, 0.3) is 0 Å². The predicted molar refractivity (Wildman–Crippen MR) is 114 cm³/mol. The average Bonchev–Trinajstić information content (AvgIpc) is 3.15. The number of benzene rings is 2. The van der Waals surface area contributed by atoms with Gasteiger partial charge in [-0.25, -0.2) is 0 Å². The van der Waals surface area contributed by atoms with Crippen molar-refractivity contribution in [2.75, 3.05) is 0 Å². The van der Waals surface area contributed by atoms with E-state index in [2.05, 4.69) is 15.6 Å². The summed E-state index contributed by atoms with van der Waals surface area (Å²) in [7, 11) is 0. The molecule has 4 aromatic rings. The maximum Gasteiger partial charge on any atom is 0.197 e. The van der Waals surface area contributed by atoms with Crippen LogP contribution in [-0.4, -0.2) is 21.1 Å². The van der Waals surface area contributed by atoms with Crippen LogP contribution < -0.4 is 0 Å². The molecule has 5 rings (SSSR count). The van der Waals surface area contributed by atoms with Crippen LogP contribution in [0.25, 0.3) is 22.7 Å². The van der Waals surface area contributed by atoms with Crippen molar-refractivity contribution in [3.05, 3.63) is 101 Å². The maximum atomic E-state index is 12.7. The molecule has 2 aromatic carbocycles. The van der Waals surface area contributed by atoms with Crippen molar-refractivity contribution >= 4 is 28.5 Å². The molecule has 2 aromatic heterocycles. The molecule has 0 spiro atoms. The van der Waals surface area contributed by atoms with E-state index in [1.54, 1.807) is 36.5 Å². The van der Waals surface area contributed by atoms with Crippen LogP contribution in [0.1, 0.15) is 37.7 Å². The summed E-state index contributed by atoms with van der Waals surface area (Å²) in [5.41, 5.74) is 6.06. The quantitative estimate of drug-likeness (QED) is 0.360. The van der Waals surface area contributed by atoms with Gasteiger partial charge >= 0.3 is 0 Å². The van der Waals surface area contributed by atoms with E-state index in [4.69, 9.17) is 0 Å². The number of hydrogen-bond donors (Lipinski definition) is 0. The summed E-state index contributed by atoms with van der Waals surface area (Å²) in [4.78, 5) is 29.8. The van der Waals surface area contributed by atoms with Crippen molar-refractivity contribution in [3.63, 3.8) is 0 Å². The van der Waals surface area contributed by atoms with Gasteiger partial charge in [0, 0.05) is 39.8 Å². The van der Waals surface area contributed by atoms with E-state index in [0.717, 1.165) is 33.5 Å². The van der Waals surface area contributed by atoms with Gasteiger partial charge in [0.1, 0.15) is 0 Å². The zero-order valence-corrected chi connectivity index (χ0v) is 16.1. The molecule has 4 heteroatoms. The van der Waals surface area contributed by atoms with Gasteiger partial charge in [0.15, 0.2) is 11.6 Å². The Morgan fingerprint density at radius 2 is 1.59 bits per heavy atom. The Kier molecular flexibility index (Phi) is 3.81. The Morgan fingerprint density at radius 3 is 2.31 bits per heavy atom. The van der Waals surface area contributed by atoms with E-state index in [0.29, 0.717) is 11.1 Å². The van der Waals surface area contributed by atoms with E-state index in [9.17, 15) is 9.59 Å². The van der Waals surface area contributed by atoms with Crippen molar-refractivity contribution in [3.8, 4) is 5.69 Å². The molecule has 2 heterocycles. The second kappa shape index (κ2) is 6.38. The number of carbonyl (C=O) groups excluding carboxylic acids is 2. The number of fused-ring (bicyclic) bond motifs is 2. The molecule has 140 valence electrons. The van der Waals surface area contributed by atoms with Crippen molar-refractivity contribution in [1.29, 1.82) is 0 Å². The van der Waals surface area contributed by atoms with Gasteiger partial charge in [-0.05, 0) is 55.8 Å². The summed E-state index contributed by atoms with van der Waals surface area (Å²) in [6.07, 6.45) is 3.51. The van der Waals surface area contributed by atoms with Crippen LogP contribution in [0.5, 0.6) is 0 Å². The Balaban J connectivity index is 1.61. The highest BCUT2D eigenvalue weighted by Gasteiger charge is 2.32. The van der Waals surface area contributed by atoms with E-state index in [-0.39, 0.29) is 17.1 Å². The zero-order chi connectivity index (χ0) is 20.1. The van der Waals surface area contributed by atoms with Gasteiger partial charge < -0.3 is 4.57 Å². The molecule has 0 atom stereocenters. The average molecular weight is 378 g/mol. The van der Waals surface area contributed by atoms with Crippen LogP contribution in [0.15, 0.2) is 72.4 Å². The highest BCUT2D eigenvalue weighted by Crippen LogP contribution is 2.30.